The van der Waals surface area contributed by atoms with Crippen molar-refractivity contribution in [1.82, 2.24) is 0 Å². The highest BCUT2D eigenvalue weighted by Gasteiger charge is 2.46. The van der Waals surface area contributed by atoms with Crippen molar-refractivity contribution in [2.75, 3.05) is 18.0 Å². The van der Waals surface area contributed by atoms with Crippen LogP contribution >= 0.6 is 0 Å². The molecule has 0 saturated carbocycles. The molecule has 3 rings (SSSR count). The lowest BCUT2D eigenvalue weighted by molar-refractivity contribution is -0.207. The minimum absolute atomic E-state index is 0.133. The molecular weight excluding hydrogens is 271 g/mol. The van der Waals surface area contributed by atoms with Crippen LogP contribution in [0.4, 0.5) is 18.9 Å². The van der Waals surface area contributed by atoms with Gasteiger partial charge in [0.15, 0.2) is 6.10 Å². The van der Waals surface area contributed by atoms with Gasteiger partial charge in [0.05, 0.1) is 6.10 Å². The Morgan fingerprint density at radius 2 is 1.90 bits per heavy atom. The summed E-state index contributed by atoms with van der Waals surface area (Å²) in [6.07, 6.45) is -5.72. The van der Waals surface area contributed by atoms with Crippen LogP contribution < -0.4 is 9.64 Å². The van der Waals surface area contributed by atoms with Gasteiger partial charge in [0, 0.05) is 30.8 Å². The van der Waals surface area contributed by atoms with Crippen molar-refractivity contribution in [2.24, 2.45) is 0 Å². The summed E-state index contributed by atoms with van der Waals surface area (Å²) in [7, 11) is 0. The molecule has 1 fully saturated rings. The molecule has 1 saturated heterocycles. The lowest BCUT2D eigenvalue weighted by Gasteiger charge is -2.31. The Morgan fingerprint density at radius 1 is 1.20 bits per heavy atom. The molecule has 110 valence electrons. The van der Waals surface area contributed by atoms with E-state index in [9.17, 15) is 18.3 Å². The highest BCUT2D eigenvalue weighted by Crippen LogP contribution is 2.41. The molecule has 1 aromatic carbocycles. The first kappa shape index (κ1) is 13.5. The molecule has 0 amide bonds. The van der Waals surface area contributed by atoms with Gasteiger partial charge in [0.2, 0.25) is 0 Å². The van der Waals surface area contributed by atoms with E-state index in [0.29, 0.717) is 5.56 Å². The monoisotopic (exact) mass is 287 g/mol. The van der Waals surface area contributed by atoms with Crippen LogP contribution in [0.1, 0.15) is 30.9 Å². The maximum Gasteiger partial charge on any atom is 0.425 e. The molecule has 20 heavy (non-hydrogen) atoms. The van der Waals surface area contributed by atoms with Gasteiger partial charge < -0.3 is 14.7 Å². The number of aliphatic hydroxyl groups excluding tert-OH is 1. The summed E-state index contributed by atoms with van der Waals surface area (Å²) in [6, 6.07) is 5.04. The highest BCUT2D eigenvalue weighted by atomic mass is 19.4. The zero-order valence-electron chi connectivity index (χ0n) is 10.9. The molecule has 2 atom stereocenters. The van der Waals surface area contributed by atoms with Gasteiger partial charge in [-0.05, 0) is 31.0 Å². The van der Waals surface area contributed by atoms with Gasteiger partial charge in [-0.15, -0.1) is 0 Å². The average Bonchev–Trinajstić information content (AvgIpc) is 2.91. The predicted molar refractivity (Wildman–Crippen MR) is 67.9 cm³/mol. The number of ether oxygens (including phenoxy) is 1. The fraction of sp³-hybridized carbons (Fsp3) is 0.571. The highest BCUT2D eigenvalue weighted by molar-refractivity contribution is 5.55. The summed E-state index contributed by atoms with van der Waals surface area (Å²) >= 11 is 0. The van der Waals surface area contributed by atoms with Crippen molar-refractivity contribution < 1.29 is 23.0 Å². The first-order valence-electron chi connectivity index (χ1n) is 6.75. The van der Waals surface area contributed by atoms with Gasteiger partial charge >= 0.3 is 6.18 Å². The molecule has 2 aliphatic heterocycles. The van der Waals surface area contributed by atoms with Gasteiger partial charge in [-0.2, -0.15) is 13.2 Å². The Labute approximate surface area is 115 Å². The summed E-state index contributed by atoms with van der Waals surface area (Å²) in [5.41, 5.74) is 1.39. The van der Waals surface area contributed by atoms with Crippen molar-refractivity contribution in [3.63, 3.8) is 0 Å². The van der Waals surface area contributed by atoms with E-state index in [-0.39, 0.29) is 5.75 Å². The third-order valence-electron chi connectivity index (χ3n) is 3.90. The zero-order chi connectivity index (χ0) is 14.3. The van der Waals surface area contributed by atoms with Gasteiger partial charge in [0.1, 0.15) is 5.75 Å². The van der Waals surface area contributed by atoms with Gasteiger partial charge in [-0.1, -0.05) is 0 Å². The minimum atomic E-state index is -4.45. The summed E-state index contributed by atoms with van der Waals surface area (Å²) in [4.78, 5) is 2.17. The molecule has 2 unspecified atom stereocenters. The largest absolute Gasteiger partial charge is 0.480 e. The van der Waals surface area contributed by atoms with Crippen LogP contribution in [-0.4, -0.2) is 30.5 Å². The van der Waals surface area contributed by atoms with Gasteiger partial charge in [0.25, 0.3) is 0 Å². The van der Waals surface area contributed by atoms with Crippen LogP contribution in [0.3, 0.4) is 0 Å². The van der Waals surface area contributed by atoms with Crippen LogP contribution in [0.2, 0.25) is 0 Å². The standard InChI is InChI=1S/C14H16F3NO2/c15-14(16,17)13-8-11(19)10-7-9(3-4-12(10)20-13)18-5-1-2-6-18/h3-4,7,11,13,19H,1-2,5-6,8H2. The molecule has 0 radical (unpaired) electrons. The SMILES string of the molecule is OC1CC(C(F)(F)F)Oc2ccc(N3CCCC3)cc21. The summed E-state index contributed by atoms with van der Waals surface area (Å²) in [6.45, 7) is 1.89. The van der Waals surface area contributed by atoms with Crippen LogP contribution in [0, 0.1) is 0 Å². The quantitative estimate of drug-likeness (QED) is 0.861. The van der Waals surface area contributed by atoms with Gasteiger partial charge in [-0.25, -0.2) is 0 Å². The molecule has 0 spiro atoms. The molecule has 1 N–H and O–H groups in total. The number of hydrogen-bond acceptors (Lipinski definition) is 3. The molecule has 2 heterocycles. The third kappa shape index (κ3) is 2.44. The van der Waals surface area contributed by atoms with E-state index in [1.807, 2.05) is 0 Å². The topological polar surface area (TPSA) is 32.7 Å². The smallest absolute Gasteiger partial charge is 0.425 e. The number of benzene rings is 1. The first-order chi connectivity index (χ1) is 9.45. The fourth-order valence-electron chi connectivity index (χ4n) is 2.81. The number of rotatable bonds is 1. The molecule has 6 heteroatoms. The second kappa shape index (κ2) is 4.84. The van der Waals surface area contributed by atoms with Crippen molar-refractivity contribution >= 4 is 5.69 Å². The van der Waals surface area contributed by atoms with E-state index in [1.165, 1.54) is 6.07 Å². The first-order valence-corrected chi connectivity index (χ1v) is 6.75. The number of fused-ring (bicyclic) bond motifs is 1. The molecule has 1 aromatic rings. The van der Waals surface area contributed by atoms with E-state index in [1.54, 1.807) is 12.1 Å². The number of hydrogen-bond donors (Lipinski definition) is 1. The normalized spacial score (nSPS) is 26.3. The lowest BCUT2D eigenvalue weighted by Crippen LogP contribution is -2.38. The summed E-state index contributed by atoms with van der Waals surface area (Å²) in [5.74, 6) is 0.133. The lowest BCUT2D eigenvalue weighted by atomic mass is 9.98. The van der Waals surface area contributed by atoms with Crippen molar-refractivity contribution in [3.05, 3.63) is 23.8 Å². The number of anilines is 1. The molecule has 3 nitrogen and oxygen atoms in total. The number of halogens is 3. The third-order valence-corrected chi connectivity index (χ3v) is 3.90. The number of nitrogens with zero attached hydrogens (tertiary/aromatic N) is 1. The predicted octanol–water partition coefficient (Wildman–Crippen LogP) is 3.03. The van der Waals surface area contributed by atoms with E-state index < -0.39 is 24.8 Å². The number of alkyl halides is 3. The van der Waals surface area contributed by atoms with Crippen LogP contribution in [0.5, 0.6) is 5.75 Å². The van der Waals surface area contributed by atoms with E-state index in [2.05, 4.69) is 4.90 Å². The van der Waals surface area contributed by atoms with E-state index in [0.717, 1.165) is 31.6 Å². The Bertz CT molecular complexity index is 498. The van der Waals surface area contributed by atoms with E-state index >= 15 is 0 Å². The molecule has 0 bridgehead atoms. The average molecular weight is 287 g/mol. The minimum Gasteiger partial charge on any atom is -0.480 e. The zero-order valence-corrected chi connectivity index (χ0v) is 10.9. The van der Waals surface area contributed by atoms with Crippen molar-refractivity contribution in [1.29, 1.82) is 0 Å². The molecule has 0 aliphatic carbocycles. The maximum absolute atomic E-state index is 12.7. The summed E-state index contributed by atoms with van der Waals surface area (Å²) in [5, 5.41) is 9.96. The summed E-state index contributed by atoms with van der Waals surface area (Å²) < 4.78 is 43.0. The Hall–Kier alpha value is -1.43. The Balaban J connectivity index is 1.87. The van der Waals surface area contributed by atoms with Crippen LogP contribution in [0.15, 0.2) is 18.2 Å². The van der Waals surface area contributed by atoms with Crippen LogP contribution in [0.25, 0.3) is 0 Å². The molecule has 0 aromatic heterocycles. The van der Waals surface area contributed by atoms with Crippen LogP contribution in [-0.2, 0) is 0 Å². The fourth-order valence-corrected chi connectivity index (χ4v) is 2.81. The van der Waals surface area contributed by atoms with Crippen molar-refractivity contribution in [3.8, 4) is 5.75 Å². The Kier molecular flexibility index (Phi) is 3.28. The van der Waals surface area contributed by atoms with Gasteiger partial charge in [-0.3, -0.25) is 0 Å². The van der Waals surface area contributed by atoms with Crippen molar-refractivity contribution in [2.45, 2.75) is 37.6 Å². The molecular formula is C14H16F3NO2. The Morgan fingerprint density at radius 3 is 2.55 bits per heavy atom. The second-order valence-corrected chi connectivity index (χ2v) is 5.32. The molecule has 2 aliphatic rings. The number of aliphatic hydroxyl groups is 1. The van der Waals surface area contributed by atoms with E-state index in [4.69, 9.17) is 4.74 Å². The maximum atomic E-state index is 12.7. The second-order valence-electron chi connectivity index (χ2n) is 5.32.